The second kappa shape index (κ2) is 9.12. The number of anilines is 2. The van der Waals surface area contributed by atoms with Crippen molar-refractivity contribution in [2.45, 2.75) is 18.9 Å². The third kappa shape index (κ3) is 4.82. The minimum Gasteiger partial charge on any atom is -0.497 e. The molecule has 2 aromatic carbocycles. The Balaban J connectivity index is 1.41. The molecule has 1 aliphatic heterocycles. The molecule has 0 aliphatic carbocycles. The number of ether oxygens (including phenoxy) is 1. The maximum Gasteiger partial charge on any atom is 0.251 e. The molecular formula is C24H29N5O2. The van der Waals surface area contributed by atoms with Crippen LogP contribution in [0.3, 0.4) is 0 Å². The Morgan fingerprint density at radius 3 is 2.74 bits per heavy atom. The first kappa shape index (κ1) is 20.8. The maximum absolute atomic E-state index is 12.8. The van der Waals surface area contributed by atoms with Crippen LogP contribution in [0.1, 0.15) is 23.2 Å². The highest BCUT2D eigenvalue weighted by Gasteiger charge is 2.24. The largest absolute Gasteiger partial charge is 0.497 e. The molecule has 162 valence electrons. The lowest BCUT2D eigenvalue weighted by Gasteiger charge is -2.33. The molecule has 2 heterocycles. The molecule has 31 heavy (non-hydrogen) atoms. The van der Waals surface area contributed by atoms with E-state index in [4.69, 9.17) is 4.74 Å². The molecule has 3 aromatic rings. The van der Waals surface area contributed by atoms with Gasteiger partial charge in [-0.05, 0) is 60.9 Å². The van der Waals surface area contributed by atoms with Crippen LogP contribution in [0.4, 0.5) is 11.5 Å². The van der Waals surface area contributed by atoms with Crippen molar-refractivity contribution in [3.8, 4) is 17.0 Å². The molecule has 7 heteroatoms. The molecule has 2 N–H and O–H groups in total. The van der Waals surface area contributed by atoms with Crippen molar-refractivity contribution in [1.29, 1.82) is 0 Å². The van der Waals surface area contributed by atoms with E-state index < -0.39 is 0 Å². The van der Waals surface area contributed by atoms with Gasteiger partial charge in [-0.3, -0.25) is 9.89 Å². The molecule has 1 aromatic heterocycles. The average molecular weight is 420 g/mol. The van der Waals surface area contributed by atoms with Crippen LogP contribution in [-0.4, -0.2) is 56.4 Å². The van der Waals surface area contributed by atoms with E-state index in [1.165, 1.54) is 0 Å². The van der Waals surface area contributed by atoms with Gasteiger partial charge in [0.2, 0.25) is 0 Å². The topological polar surface area (TPSA) is 73.5 Å². The van der Waals surface area contributed by atoms with E-state index in [1.807, 2.05) is 67.5 Å². The van der Waals surface area contributed by atoms with Gasteiger partial charge in [0, 0.05) is 50.5 Å². The number of aromatic amines is 1. The summed E-state index contributed by atoms with van der Waals surface area (Å²) in [6.45, 7) is 1.67. The van der Waals surface area contributed by atoms with Gasteiger partial charge in [-0.25, -0.2) is 0 Å². The molecule has 7 nitrogen and oxygen atoms in total. The first-order valence-electron chi connectivity index (χ1n) is 10.6. The van der Waals surface area contributed by atoms with Crippen LogP contribution in [0.15, 0.2) is 54.6 Å². The van der Waals surface area contributed by atoms with Gasteiger partial charge in [0.15, 0.2) is 5.82 Å². The molecule has 1 saturated heterocycles. The zero-order valence-corrected chi connectivity index (χ0v) is 18.3. The summed E-state index contributed by atoms with van der Waals surface area (Å²) in [5, 5.41) is 10.8. The van der Waals surface area contributed by atoms with E-state index in [9.17, 15) is 4.79 Å². The minimum absolute atomic E-state index is 0.0310. The zero-order chi connectivity index (χ0) is 21.8. The first-order chi connectivity index (χ1) is 15.0. The van der Waals surface area contributed by atoms with Crippen molar-refractivity contribution in [3.63, 3.8) is 0 Å². The van der Waals surface area contributed by atoms with Gasteiger partial charge in [-0.15, -0.1) is 0 Å². The van der Waals surface area contributed by atoms with Gasteiger partial charge in [-0.2, -0.15) is 5.10 Å². The summed E-state index contributed by atoms with van der Waals surface area (Å²) in [5.74, 6) is 1.70. The van der Waals surface area contributed by atoms with Gasteiger partial charge < -0.3 is 19.9 Å². The number of nitrogens with zero attached hydrogens (tertiary/aromatic N) is 3. The Hall–Kier alpha value is -3.48. The van der Waals surface area contributed by atoms with Crippen LogP contribution < -0.4 is 19.9 Å². The van der Waals surface area contributed by atoms with E-state index >= 15 is 0 Å². The van der Waals surface area contributed by atoms with E-state index in [1.54, 1.807) is 7.11 Å². The number of carbonyl (C=O) groups is 1. The third-order valence-electron chi connectivity index (χ3n) is 5.67. The molecule has 1 amide bonds. The van der Waals surface area contributed by atoms with Crippen molar-refractivity contribution >= 4 is 17.4 Å². The quantitative estimate of drug-likeness (QED) is 0.639. The Bertz CT molecular complexity index is 1030. The molecule has 4 rings (SSSR count). The molecule has 0 unspecified atom stereocenters. The van der Waals surface area contributed by atoms with Gasteiger partial charge in [-0.1, -0.05) is 6.07 Å². The Labute approximate surface area is 183 Å². The van der Waals surface area contributed by atoms with Gasteiger partial charge in [0.05, 0.1) is 12.8 Å². The predicted molar refractivity (Wildman–Crippen MR) is 124 cm³/mol. The number of hydrogen-bond acceptors (Lipinski definition) is 5. The van der Waals surface area contributed by atoms with Crippen LogP contribution in [0, 0.1) is 0 Å². The van der Waals surface area contributed by atoms with E-state index in [2.05, 4.69) is 26.5 Å². The van der Waals surface area contributed by atoms with Crippen molar-refractivity contribution < 1.29 is 9.53 Å². The molecule has 0 spiro atoms. The Kier molecular flexibility index (Phi) is 6.11. The second-order valence-electron chi connectivity index (χ2n) is 8.07. The fraction of sp³-hybridized carbons (Fsp3) is 0.333. The third-order valence-corrected chi connectivity index (χ3v) is 5.67. The summed E-state index contributed by atoms with van der Waals surface area (Å²) in [5.41, 5.74) is 3.72. The van der Waals surface area contributed by atoms with E-state index in [0.29, 0.717) is 5.56 Å². The highest BCUT2D eigenvalue weighted by molar-refractivity contribution is 5.95. The van der Waals surface area contributed by atoms with Crippen LogP contribution in [0.25, 0.3) is 11.3 Å². The highest BCUT2D eigenvalue weighted by Crippen LogP contribution is 2.26. The van der Waals surface area contributed by atoms with Crippen molar-refractivity contribution in [2.24, 2.45) is 0 Å². The number of nitrogens with one attached hydrogen (secondary N) is 2. The number of methoxy groups -OCH3 is 1. The standard InChI is InChI=1S/C24H29N5O2/c1-28(2)20-8-4-6-18(14-20)24(30)25-19-7-5-13-29(16-19)23-15-22(26-27-23)17-9-11-21(31-3)12-10-17/h4,6,8-12,14-15,19H,5,7,13,16H2,1-3H3,(H,25,30)(H,26,27)/t19-/m0/s1. The van der Waals surface area contributed by atoms with Gasteiger partial charge in [0.1, 0.15) is 5.75 Å². The number of piperidine rings is 1. The molecule has 0 bridgehead atoms. The number of rotatable bonds is 6. The number of aromatic nitrogens is 2. The van der Waals surface area contributed by atoms with Crippen LogP contribution in [-0.2, 0) is 0 Å². The molecule has 1 aliphatic rings. The predicted octanol–water partition coefficient (Wildman–Crippen LogP) is 3.55. The molecular weight excluding hydrogens is 390 g/mol. The van der Waals surface area contributed by atoms with Crippen LogP contribution in [0.2, 0.25) is 0 Å². The molecule has 0 radical (unpaired) electrons. The van der Waals surface area contributed by atoms with Crippen molar-refractivity contribution in [2.75, 3.05) is 44.1 Å². The number of carbonyl (C=O) groups excluding carboxylic acids is 1. The summed E-state index contributed by atoms with van der Waals surface area (Å²) in [7, 11) is 5.61. The lowest BCUT2D eigenvalue weighted by Crippen LogP contribution is -2.48. The summed E-state index contributed by atoms with van der Waals surface area (Å²) in [6.07, 6.45) is 1.97. The lowest BCUT2D eigenvalue weighted by atomic mass is 10.0. The maximum atomic E-state index is 12.8. The molecule has 0 saturated carbocycles. The van der Waals surface area contributed by atoms with Gasteiger partial charge >= 0.3 is 0 Å². The number of benzene rings is 2. The van der Waals surface area contributed by atoms with Crippen molar-refractivity contribution in [3.05, 3.63) is 60.2 Å². The number of hydrogen-bond donors (Lipinski definition) is 2. The number of amides is 1. The minimum atomic E-state index is -0.0310. The molecule has 1 atom stereocenters. The summed E-state index contributed by atoms with van der Waals surface area (Å²) >= 11 is 0. The average Bonchev–Trinajstić information content (AvgIpc) is 3.30. The zero-order valence-electron chi connectivity index (χ0n) is 18.3. The second-order valence-corrected chi connectivity index (χ2v) is 8.07. The summed E-state index contributed by atoms with van der Waals surface area (Å²) in [6, 6.07) is 17.7. The monoisotopic (exact) mass is 419 g/mol. The highest BCUT2D eigenvalue weighted by atomic mass is 16.5. The first-order valence-corrected chi connectivity index (χ1v) is 10.6. The van der Waals surface area contributed by atoms with E-state index in [-0.39, 0.29) is 11.9 Å². The lowest BCUT2D eigenvalue weighted by molar-refractivity contribution is 0.0933. The normalized spacial score (nSPS) is 16.1. The van der Waals surface area contributed by atoms with Crippen molar-refractivity contribution in [1.82, 2.24) is 15.5 Å². The summed E-state index contributed by atoms with van der Waals surface area (Å²) < 4.78 is 5.23. The fourth-order valence-corrected chi connectivity index (χ4v) is 3.89. The fourth-order valence-electron chi connectivity index (χ4n) is 3.89. The van der Waals surface area contributed by atoms with Crippen LogP contribution in [0.5, 0.6) is 5.75 Å². The molecule has 1 fully saturated rings. The summed E-state index contributed by atoms with van der Waals surface area (Å²) in [4.78, 5) is 17.0. The van der Waals surface area contributed by atoms with Gasteiger partial charge in [0.25, 0.3) is 5.91 Å². The SMILES string of the molecule is COc1ccc(-c2cc(N3CCC[C@H](NC(=O)c4cccc(N(C)C)c4)C3)n[nH]2)cc1. The van der Waals surface area contributed by atoms with E-state index in [0.717, 1.165) is 54.4 Å². The Morgan fingerprint density at radius 2 is 2.00 bits per heavy atom. The smallest absolute Gasteiger partial charge is 0.251 e. The number of H-pyrrole nitrogens is 1. The Morgan fingerprint density at radius 1 is 1.19 bits per heavy atom. The van der Waals surface area contributed by atoms with Crippen LogP contribution >= 0.6 is 0 Å².